The van der Waals surface area contributed by atoms with Crippen LogP contribution in [0, 0.1) is 6.92 Å². The van der Waals surface area contributed by atoms with Crippen molar-refractivity contribution in [3.63, 3.8) is 0 Å². The first-order valence-electron chi connectivity index (χ1n) is 4.48. The number of aromatic amines is 1. The Morgan fingerprint density at radius 3 is 2.43 bits per heavy atom. The first-order valence-corrected chi connectivity index (χ1v) is 4.48. The molecule has 4 nitrogen and oxygen atoms in total. The Morgan fingerprint density at radius 1 is 1.50 bits per heavy atom. The van der Waals surface area contributed by atoms with E-state index in [4.69, 9.17) is 10.5 Å². The second-order valence-corrected chi connectivity index (χ2v) is 4.28. The summed E-state index contributed by atoms with van der Waals surface area (Å²) in [5, 5.41) is 0. The number of hydrogen-bond acceptors (Lipinski definition) is 3. The maximum atomic E-state index is 11.6. The molecule has 0 spiro atoms. The first kappa shape index (κ1) is 10.6. The van der Waals surface area contributed by atoms with E-state index in [0.717, 1.165) is 5.69 Å². The van der Waals surface area contributed by atoms with E-state index in [1.165, 1.54) is 0 Å². The molecule has 0 saturated carbocycles. The molecule has 4 heteroatoms. The van der Waals surface area contributed by atoms with Gasteiger partial charge in [0.1, 0.15) is 17.0 Å². The summed E-state index contributed by atoms with van der Waals surface area (Å²) in [6.45, 7) is 7.30. The summed E-state index contributed by atoms with van der Waals surface area (Å²) in [4.78, 5) is 14.4. The number of aromatic nitrogens is 1. The normalized spacial score (nSPS) is 11.4. The molecule has 1 rings (SSSR count). The number of nitrogens with one attached hydrogen (secondary N) is 1. The molecule has 0 unspecified atom stereocenters. The molecule has 0 aliphatic rings. The van der Waals surface area contributed by atoms with Crippen molar-refractivity contribution in [3.8, 4) is 0 Å². The second-order valence-electron chi connectivity index (χ2n) is 4.28. The van der Waals surface area contributed by atoms with Crippen molar-refractivity contribution >= 4 is 11.8 Å². The summed E-state index contributed by atoms with van der Waals surface area (Å²) in [7, 11) is 0. The van der Waals surface area contributed by atoms with Gasteiger partial charge in [-0.3, -0.25) is 0 Å². The predicted molar refractivity (Wildman–Crippen MR) is 55.1 cm³/mol. The third-order valence-corrected chi connectivity index (χ3v) is 1.60. The van der Waals surface area contributed by atoms with Gasteiger partial charge in [-0.1, -0.05) is 0 Å². The summed E-state index contributed by atoms with van der Waals surface area (Å²) in [5.41, 5.74) is 6.36. The first-order chi connectivity index (χ1) is 6.29. The highest BCUT2D eigenvalue weighted by Crippen LogP contribution is 2.17. The van der Waals surface area contributed by atoms with E-state index in [1.54, 1.807) is 6.07 Å². The van der Waals surface area contributed by atoms with Gasteiger partial charge in [0, 0.05) is 5.69 Å². The Kier molecular flexibility index (Phi) is 2.55. The molecule has 0 amide bonds. The minimum atomic E-state index is -0.491. The van der Waals surface area contributed by atoms with E-state index in [1.807, 2.05) is 27.7 Å². The standard InChI is InChI=1S/C10H16N2O2/c1-6-5-7(8(11)12-6)9(13)14-10(2,3)4/h5,12H,11H2,1-4H3. The molecule has 0 aliphatic carbocycles. The number of nitrogen functional groups attached to an aromatic ring is 1. The van der Waals surface area contributed by atoms with E-state index in [-0.39, 0.29) is 5.97 Å². The summed E-state index contributed by atoms with van der Waals surface area (Å²) in [6.07, 6.45) is 0. The number of rotatable bonds is 1. The predicted octanol–water partition coefficient (Wildman–Crippen LogP) is 1.86. The molecule has 0 aromatic carbocycles. The Morgan fingerprint density at radius 2 is 2.07 bits per heavy atom. The van der Waals surface area contributed by atoms with Crippen molar-refractivity contribution in [2.45, 2.75) is 33.3 Å². The Balaban J connectivity index is 2.85. The number of esters is 1. The van der Waals surface area contributed by atoms with Crippen molar-refractivity contribution in [2.75, 3.05) is 5.73 Å². The maximum absolute atomic E-state index is 11.6. The van der Waals surface area contributed by atoms with Gasteiger partial charge in [0.25, 0.3) is 0 Å². The Hall–Kier alpha value is -1.45. The van der Waals surface area contributed by atoms with Crippen molar-refractivity contribution in [1.29, 1.82) is 0 Å². The van der Waals surface area contributed by atoms with Crippen LogP contribution in [0.5, 0.6) is 0 Å². The van der Waals surface area contributed by atoms with Gasteiger partial charge in [-0.2, -0.15) is 0 Å². The molecule has 1 aromatic heterocycles. The third kappa shape index (κ3) is 2.52. The van der Waals surface area contributed by atoms with E-state index in [2.05, 4.69) is 4.98 Å². The van der Waals surface area contributed by atoms with Crippen molar-refractivity contribution in [2.24, 2.45) is 0 Å². The lowest BCUT2D eigenvalue weighted by atomic mass is 10.2. The highest BCUT2D eigenvalue weighted by atomic mass is 16.6. The van der Waals surface area contributed by atoms with Crippen molar-refractivity contribution in [1.82, 2.24) is 4.98 Å². The zero-order chi connectivity index (χ0) is 10.9. The van der Waals surface area contributed by atoms with Gasteiger partial charge < -0.3 is 15.5 Å². The number of aryl methyl sites for hydroxylation is 1. The fourth-order valence-electron chi connectivity index (χ4n) is 1.11. The zero-order valence-electron chi connectivity index (χ0n) is 8.97. The van der Waals surface area contributed by atoms with Gasteiger partial charge in [-0.15, -0.1) is 0 Å². The van der Waals surface area contributed by atoms with Crippen LogP contribution in [-0.4, -0.2) is 16.6 Å². The summed E-state index contributed by atoms with van der Waals surface area (Å²) >= 11 is 0. The number of carbonyl (C=O) groups excluding carboxylic acids is 1. The van der Waals surface area contributed by atoms with Crippen LogP contribution in [0.4, 0.5) is 5.82 Å². The molecular formula is C10H16N2O2. The molecule has 1 heterocycles. The molecule has 14 heavy (non-hydrogen) atoms. The molecule has 0 aliphatic heterocycles. The number of nitrogens with two attached hydrogens (primary N) is 1. The highest BCUT2D eigenvalue weighted by Gasteiger charge is 2.20. The van der Waals surface area contributed by atoms with Gasteiger partial charge >= 0.3 is 5.97 Å². The van der Waals surface area contributed by atoms with Crippen LogP contribution in [0.2, 0.25) is 0 Å². The van der Waals surface area contributed by atoms with E-state index < -0.39 is 5.60 Å². The van der Waals surface area contributed by atoms with E-state index in [0.29, 0.717) is 11.4 Å². The molecule has 1 aromatic rings. The minimum absolute atomic E-state index is 0.358. The quantitative estimate of drug-likeness (QED) is 0.673. The SMILES string of the molecule is Cc1cc(C(=O)OC(C)(C)C)c(N)[nH]1. The summed E-state index contributed by atoms with van der Waals surface area (Å²) in [5.74, 6) is -0.0314. The number of H-pyrrole nitrogens is 1. The van der Waals surface area contributed by atoms with E-state index in [9.17, 15) is 4.79 Å². The molecule has 0 fully saturated rings. The third-order valence-electron chi connectivity index (χ3n) is 1.60. The van der Waals surface area contributed by atoms with Crippen LogP contribution in [0.15, 0.2) is 6.07 Å². The van der Waals surface area contributed by atoms with Crippen LogP contribution in [0.3, 0.4) is 0 Å². The molecule has 0 atom stereocenters. The fraction of sp³-hybridized carbons (Fsp3) is 0.500. The Labute approximate surface area is 83.4 Å². The maximum Gasteiger partial charge on any atom is 0.342 e. The molecular weight excluding hydrogens is 180 g/mol. The topological polar surface area (TPSA) is 68.1 Å². The average Bonchev–Trinajstić information content (AvgIpc) is 2.26. The summed E-state index contributed by atoms with van der Waals surface area (Å²) in [6, 6.07) is 1.68. The molecule has 78 valence electrons. The van der Waals surface area contributed by atoms with Gasteiger partial charge in [0.15, 0.2) is 0 Å². The number of ether oxygens (including phenoxy) is 1. The van der Waals surface area contributed by atoms with Crippen LogP contribution in [0.1, 0.15) is 36.8 Å². The number of carbonyl (C=O) groups is 1. The monoisotopic (exact) mass is 196 g/mol. The van der Waals surface area contributed by atoms with Crippen molar-refractivity contribution in [3.05, 3.63) is 17.3 Å². The minimum Gasteiger partial charge on any atom is -0.456 e. The van der Waals surface area contributed by atoms with Crippen molar-refractivity contribution < 1.29 is 9.53 Å². The molecule has 0 radical (unpaired) electrons. The zero-order valence-corrected chi connectivity index (χ0v) is 8.97. The van der Waals surface area contributed by atoms with Gasteiger partial charge in [-0.05, 0) is 33.8 Å². The van der Waals surface area contributed by atoms with E-state index >= 15 is 0 Å². The lowest BCUT2D eigenvalue weighted by molar-refractivity contribution is 0.00710. The lowest BCUT2D eigenvalue weighted by Gasteiger charge is -2.19. The molecule has 0 saturated heterocycles. The molecule has 3 N–H and O–H groups in total. The fourth-order valence-corrected chi connectivity index (χ4v) is 1.11. The lowest BCUT2D eigenvalue weighted by Crippen LogP contribution is -2.24. The smallest absolute Gasteiger partial charge is 0.342 e. The van der Waals surface area contributed by atoms with Crippen LogP contribution in [-0.2, 0) is 4.74 Å². The second kappa shape index (κ2) is 3.36. The summed E-state index contributed by atoms with van der Waals surface area (Å²) < 4.78 is 5.18. The number of hydrogen-bond donors (Lipinski definition) is 2. The van der Waals surface area contributed by atoms with Gasteiger partial charge in [-0.25, -0.2) is 4.79 Å². The average molecular weight is 196 g/mol. The van der Waals surface area contributed by atoms with Gasteiger partial charge in [0.05, 0.1) is 0 Å². The highest BCUT2D eigenvalue weighted by molar-refractivity contribution is 5.94. The van der Waals surface area contributed by atoms with Crippen LogP contribution in [0.25, 0.3) is 0 Å². The largest absolute Gasteiger partial charge is 0.456 e. The number of anilines is 1. The molecule has 0 bridgehead atoms. The van der Waals surface area contributed by atoms with Gasteiger partial charge in [0.2, 0.25) is 0 Å². The Bertz CT molecular complexity index is 347. The van der Waals surface area contributed by atoms with Crippen LogP contribution < -0.4 is 5.73 Å². The van der Waals surface area contributed by atoms with Crippen LogP contribution >= 0.6 is 0 Å².